The Bertz CT molecular complexity index is 715. The largest absolute Gasteiger partial charge is 0.447 e. The molecule has 1 saturated heterocycles. The number of ether oxygens (including phenoxy) is 1. The van der Waals surface area contributed by atoms with Gasteiger partial charge in [-0.2, -0.15) is 0 Å². The lowest BCUT2D eigenvalue weighted by Crippen LogP contribution is -2.24. The second-order valence-electron chi connectivity index (χ2n) is 4.92. The zero-order valence-corrected chi connectivity index (χ0v) is 11.4. The molecule has 0 aromatic heterocycles. The minimum absolute atomic E-state index is 0.323. The number of carbonyl (C=O) groups excluding carboxylic acids is 1. The van der Waals surface area contributed by atoms with Crippen LogP contribution in [0.15, 0.2) is 36.4 Å². The lowest BCUT2D eigenvalue weighted by atomic mass is 10.0. The van der Waals surface area contributed by atoms with E-state index >= 15 is 0 Å². The molecular formula is C16H13F2NO2. The van der Waals surface area contributed by atoms with E-state index < -0.39 is 17.7 Å². The van der Waals surface area contributed by atoms with Crippen LogP contribution in [-0.4, -0.2) is 19.2 Å². The number of anilines is 1. The summed E-state index contributed by atoms with van der Waals surface area (Å²) in [7, 11) is 0. The van der Waals surface area contributed by atoms with Crippen LogP contribution in [0.4, 0.5) is 19.3 Å². The Kier molecular flexibility index (Phi) is 3.33. The minimum atomic E-state index is -0.914. The first-order chi connectivity index (χ1) is 10.1. The van der Waals surface area contributed by atoms with E-state index in [1.54, 1.807) is 6.07 Å². The van der Waals surface area contributed by atoms with E-state index in [1.165, 1.54) is 11.0 Å². The van der Waals surface area contributed by atoms with Crippen molar-refractivity contribution in [2.24, 2.45) is 0 Å². The van der Waals surface area contributed by atoms with E-state index in [9.17, 15) is 13.6 Å². The summed E-state index contributed by atoms with van der Waals surface area (Å²) in [4.78, 5) is 13.3. The average molecular weight is 289 g/mol. The highest BCUT2D eigenvalue weighted by molar-refractivity contribution is 5.95. The molecule has 2 aromatic rings. The molecule has 0 atom stereocenters. The molecule has 0 aliphatic carbocycles. The molecule has 1 aliphatic rings. The molecule has 1 fully saturated rings. The number of nitrogens with zero attached hydrogens (tertiary/aromatic N) is 1. The van der Waals surface area contributed by atoms with Crippen LogP contribution in [0.1, 0.15) is 5.56 Å². The van der Waals surface area contributed by atoms with E-state index in [1.807, 2.05) is 19.1 Å². The quantitative estimate of drug-likeness (QED) is 0.839. The SMILES string of the molecule is Cc1ccc(-c2ccc(F)c(F)c2)c(N2CCOC2=O)c1. The van der Waals surface area contributed by atoms with Gasteiger partial charge in [-0.3, -0.25) is 4.90 Å². The number of hydrogen-bond acceptors (Lipinski definition) is 2. The minimum Gasteiger partial charge on any atom is -0.447 e. The summed E-state index contributed by atoms with van der Waals surface area (Å²) in [6.45, 7) is 2.67. The molecule has 21 heavy (non-hydrogen) atoms. The van der Waals surface area contributed by atoms with Crippen molar-refractivity contribution in [2.45, 2.75) is 6.92 Å². The lowest BCUT2D eigenvalue weighted by Gasteiger charge is -2.18. The van der Waals surface area contributed by atoms with Crippen molar-refractivity contribution in [1.82, 2.24) is 0 Å². The second kappa shape index (κ2) is 5.16. The molecular weight excluding hydrogens is 276 g/mol. The highest BCUT2D eigenvalue weighted by atomic mass is 19.2. The number of benzene rings is 2. The van der Waals surface area contributed by atoms with Gasteiger partial charge in [0.15, 0.2) is 11.6 Å². The van der Waals surface area contributed by atoms with Crippen molar-refractivity contribution in [3.63, 3.8) is 0 Å². The van der Waals surface area contributed by atoms with Gasteiger partial charge >= 0.3 is 6.09 Å². The van der Waals surface area contributed by atoms with Crippen molar-refractivity contribution in [3.05, 3.63) is 53.6 Å². The highest BCUT2D eigenvalue weighted by Gasteiger charge is 2.26. The molecule has 1 aliphatic heterocycles. The summed E-state index contributed by atoms with van der Waals surface area (Å²) in [5, 5.41) is 0. The van der Waals surface area contributed by atoms with Gasteiger partial charge < -0.3 is 4.74 Å². The molecule has 0 bridgehead atoms. The fourth-order valence-corrected chi connectivity index (χ4v) is 2.39. The van der Waals surface area contributed by atoms with Gasteiger partial charge in [0.1, 0.15) is 6.61 Å². The third-order valence-electron chi connectivity index (χ3n) is 3.44. The summed E-state index contributed by atoms with van der Waals surface area (Å²) in [5.74, 6) is -1.81. The average Bonchev–Trinajstić information content (AvgIpc) is 2.88. The van der Waals surface area contributed by atoms with Gasteiger partial charge in [-0.15, -0.1) is 0 Å². The molecule has 0 radical (unpaired) electrons. The molecule has 108 valence electrons. The van der Waals surface area contributed by atoms with E-state index in [0.29, 0.717) is 30.0 Å². The summed E-state index contributed by atoms with van der Waals surface area (Å²) in [5.41, 5.74) is 2.79. The topological polar surface area (TPSA) is 29.5 Å². The predicted molar refractivity (Wildman–Crippen MR) is 75.2 cm³/mol. The van der Waals surface area contributed by atoms with Gasteiger partial charge in [0.05, 0.1) is 12.2 Å². The number of cyclic esters (lactones) is 1. The van der Waals surface area contributed by atoms with Gasteiger partial charge in [0, 0.05) is 5.56 Å². The molecule has 1 heterocycles. The number of hydrogen-bond donors (Lipinski definition) is 0. The van der Waals surface area contributed by atoms with E-state index in [2.05, 4.69) is 0 Å². The van der Waals surface area contributed by atoms with Crippen LogP contribution >= 0.6 is 0 Å². The van der Waals surface area contributed by atoms with Gasteiger partial charge in [-0.25, -0.2) is 13.6 Å². The standard InChI is InChI=1S/C16H13F2NO2/c1-10-2-4-12(11-3-5-13(17)14(18)9-11)15(8-10)19-6-7-21-16(19)20/h2-5,8-9H,6-7H2,1H3. The maximum Gasteiger partial charge on any atom is 0.414 e. The Morgan fingerprint density at radius 2 is 1.90 bits per heavy atom. The molecule has 3 nitrogen and oxygen atoms in total. The van der Waals surface area contributed by atoms with Crippen molar-refractivity contribution in [2.75, 3.05) is 18.1 Å². The molecule has 0 N–H and O–H groups in total. The van der Waals surface area contributed by atoms with Crippen LogP contribution in [0.3, 0.4) is 0 Å². The monoisotopic (exact) mass is 289 g/mol. The molecule has 3 rings (SSSR count). The molecule has 0 spiro atoms. The summed E-state index contributed by atoms with van der Waals surface area (Å²) in [6, 6.07) is 9.20. The van der Waals surface area contributed by atoms with Gasteiger partial charge in [-0.1, -0.05) is 18.2 Å². The third kappa shape index (κ3) is 2.46. The number of aryl methyl sites for hydroxylation is 1. The second-order valence-corrected chi connectivity index (χ2v) is 4.92. The zero-order valence-electron chi connectivity index (χ0n) is 11.4. The summed E-state index contributed by atoms with van der Waals surface area (Å²) in [6.07, 6.45) is -0.426. The van der Waals surface area contributed by atoms with E-state index in [4.69, 9.17) is 4.74 Å². The highest BCUT2D eigenvalue weighted by Crippen LogP contribution is 2.34. The predicted octanol–water partition coefficient (Wildman–Crippen LogP) is 3.90. The maximum atomic E-state index is 13.4. The molecule has 5 heteroatoms. The summed E-state index contributed by atoms with van der Waals surface area (Å²) >= 11 is 0. The first-order valence-corrected chi connectivity index (χ1v) is 6.56. The maximum absolute atomic E-state index is 13.4. The molecule has 0 saturated carbocycles. The first-order valence-electron chi connectivity index (χ1n) is 6.56. The number of halogens is 2. The smallest absolute Gasteiger partial charge is 0.414 e. The van der Waals surface area contributed by atoms with E-state index in [0.717, 1.165) is 17.7 Å². The van der Waals surface area contributed by atoms with Gasteiger partial charge in [0.2, 0.25) is 0 Å². The van der Waals surface area contributed by atoms with Crippen LogP contribution < -0.4 is 4.90 Å². The van der Waals surface area contributed by atoms with Crippen molar-refractivity contribution < 1.29 is 18.3 Å². The van der Waals surface area contributed by atoms with Crippen LogP contribution in [0.25, 0.3) is 11.1 Å². The van der Waals surface area contributed by atoms with Crippen molar-refractivity contribution in [1.29, 1.82) is 0 Å². The van der Waals surface area contributed by atoms with Crippen LogP contribution in [0.2, 0.25) is 0 Å². The fourth-order valence-electron chi connectivity index (χ4n) is 2.39. The first kappa shape index (κ1) is 13.5. The Labute approximate surface area is 120 Å². The Balaban J connectivity index is 2.13. The van der Waals surface area contributed by atoms with Gasteiger partial charge in [0.25, 0.3) is 0 Å². The van der Waals surface area contributed by atoms with Crippen LogP contribution in [0, 0.1) is 18.6 Å². The van der Waals surface area contributed by atoms with E-state index in [-0.39, 0.29) is 0 Å². The molecule has 2 aromatic carbocycles. The zero-order chi connectivity index (χ0) is 15.0. The molecule has 0 unspecified atom stereocenters. The van der Waals surface area contributed by atoms with Crippen molar-refractivity contribution in [3.8, 4) is 11.1 Å². The fraction of sp³-hybridized carbons (Fsp3) is 0.188. The Morgan fingerprint density at radius 3 is 2.57 bits per heavy atom. The summed E-state index contributed by atoms with van der Waals surface area (Å²) < 4.78 is 31.5. The Morgan fingerprint density at radius 1 is 1.10 bits per heavy atom. The number of rotatable bonds is 2. The molecule has 1 amide bonds. The normalized spacial score (nSPS) is 14.4. The number of amides is 1. The van der Waals surface area contributed by atoms with Crippen molar-refractivity contribution >= 4 is 11.8 Å². The van der Waals surface area contributed by atoms with Gasteiger partial charge in [-0.05, 0) is 36.2 Å². The third-order valence-corrected chi connectivity index (χ3v) is 3.44. The van der Waals surface area contributed by atoms with Crippen LogP contribution in [-0.2, 0) is 4.74 Å². The Hall–Kier alpha value is -2.43. The lowest BCUT2D eigenvalue weighted by molar-refractivity contribution is 0.181. The number of carbonyl (C=O) groups is 1. The van der Waals surface area contributed by atoms with Crippen LogP contribution in [0.5, 0.6) is 0 Å².